The molecule has 1 amide bonds. The summed E-state index contributed by atoms with van der Waals surface area (Å²) in [5, 5.41) is 2.93. The number of ether oxygens (including phenoxy) is 1. The molecule has 1 aliphatic heterocycles. The maximum absolute atomic E-state index is 13.2. The zero-order chi connectivity index (χ0) is 28.0. The number of aromatic nitrogens is 2. The fraction of sp³-hybridized carbons (Fsp3) is 0.273. The summed E-state index contributed by atoms with van der Waals surface area (Å²) in [7, 11) is 0. The van der Waals surface area contributed by atoms with Crippen molar-refractivity contribution in [1.82, 2.24) is 20.2 Å². The van der Waals surface area contributed by atoms with E-state index >= 15 is 0 Å². The number of nitrogens with zero attached hydrogens (tertiary/aromatic N) is 4. The molecule has 4 aromatic rings. The fourth-order valence-corrected chi connectivity index (χ4v) is 5.54. The number of hydrogen-bond donors (Lipinski definition) is 1. The van der Waals surface area contributed by atoms with Crippen LogP contribution in [0.15, 0.2) is 91.4 Å². The summed E-state index contributed by atoms with van der Waals surface area (Å²) in [5.41, 5.74) is 4.90. The molecule has 6 rings (SSSR count). The molecular formula is C33H33N5O3. The number of pyridine rings is 2. The topological polar surface area (TPSA) is 87.7 Å². The summed E-state index contributed by atoms with van der Waals surface area (Å²) in [5.74, 6) is 0.840. The van der Waals surface area contributed by atoms with E-state index in [1.807, 2.05) is 42.7 Å². The molecule has 208 valence electrons. The number of carbonyl (C=O) groups excluding carboxylic acids is 2. The van der Waals surface area contributed by atoms with Gasteiger partial charge in [0.15, 0.2) is 5.78 Å². The second-order valence-electron chi connectivity index (χ2n) is 10.6. The Balaban J connectivity index is 1.05. The first-order valence-corrected chi connectivity index (χ1v) is 14.1. The lowest BCUT2D eigenvalue weighted by Crippen LogP contribution is -2.46. The zero-order valence-corrected chi connectivity index (χ0v) is 22.9. The van der Waals surface area contributed by atoms with Crippen molar-refractivity contribution >= 4 is 17.4 Å². The predicted octanol–water partition coefficient (Wildman–Crippen LogP) is 4.45. The molecule has 0 spiro atoms. The highest BCUT2D eigenvalue weighted by Gasteiger charge is 2.27. The highest BCUT2D eigenvalue weighted by atomic mass is 16.5. The number of carbonyl (C=O) groups is 2. The van der Waals surface area contributed by atoms with E-state index in [9.17, 15) is 9.59 Å². The van der Waals surface area contributed by atoms with Gasteiger partial charge in [0.2, 0.25) is 0 Å². The van der Waals surface area contributed by atoms with Crippen molar-refractivity contribution < 1.29 is 14.3 Å². The van der Waals surface area contributed by atoms with Gasteiger partial charge in [0.05, 0.1) is 6.04 Å². The molecule has 8 nitrogen and oxygen atoms in total. The van der Waals surface area contributed by atoms with Crippen LogP contribution in [0.4, 0.5) is 5.69 Å². The van der Waals surface area contributed by atoms with E-state index in [2.05, 4.69) is 55.4 Å². The van der Waals surface area contributed by atoms with Crippen LogP contribution in [0, 0.1) is 0 Å². The van der Waals surface area contributed by atoms with Crippen LogP contribution in [0.2, 0.25) is 0 Å². The van der Waals surface area contributed by atoms with Crippen LogP contribution < -0.4 is 15.0 Å². The van der Waals surface area contributed by atoms with Gasteiger partial charge in [0.1, 0.15) is 17.2 Å². The van der Waals surface area contributed by atoms with Gasteiger partial charge in [-0.25, -0.2) is 0 Å². The lowest BCUT2D eigenvalue weighted by Gasteiger charge is -2.36. The fourth-order valence-electron chi connectivity index (χ4n) is 5.54. The number of anilines is 1. The maximum Gasteiger partial charge on any atom is 0.270 e. The second-order valence-corrected chi connectivity index (χ2v) is 10.6. The third kappa shape index (κ3) is 6.61. The van der Waals surface area contributed by atoms with Crippen LogP contribution in [0.1, 0.15) is 33.6 Å². The Morgan fingerprint density at radius 2 is 1.68 bits per heavy atom. The van der Waals surface area contributed by atoms with Crippen molar-refractivity contribution in [2.24, 2.45) is 0 Å². The van der Waals surface area contributed by atoms with Crippen molar-refractivity contribution in [3.05, 3.63) is 114 Å². The van der Waals surface area contributed by atoms with Gasteiger partial charge in [-0.15, -0.1) is 0 Å². The number of hydrogen-bond acceptors (Lipinski definition) is 7. The van der Waals surface area contributed by atoms with Crippen molar-refractivity contribution in [1.29, 1.82) is 0 Å². The minimum atomic E-state index is -0.555. The van der Waals surface area contributed by atoms with Gasteiger partial charge in [0.25, 0.3) is 5.91 Å². The van der Waals surface area contributed by atoms with Crippen LogP contribution in [-0.2, 0) is 24.2 Å². The van der Waals surface area contributed by atoms with Crippen LogP contribution in [0.5, 0.6) is 11.5 Å². The summed E-state index contributed by atoms with van der Waals surface area (Å²) < 4.78 is 5.84. The van der Waals surface area contributed by atoms with Crippen molar-refractivity contribution in [2.45, 2.75) is 31.8 Å². The number of aryl methyl sites for hydroxylation is 1. The molecule has 2 aromatic carbocycles. The average molecular weight is 548 g/mol. The van der Waals surface area contributed by atoms with Gasteiger partial charge in [-0.1, -0.05) is 36.4 Å². The molecule has 0 saturated carbocycles. The molecule has 8 heteroatoms. The largest absolute Gasteiger partial charge is 0.457 e. The summed E-state index contributed by atoms with van der Waals surface area (Å²) in [6, 6.07) is 22.7. The Bertz CT molecular complexity index is 1500. The van der Waals surface area contributed by atoms with Gasteiger partial charge in [-0.2, -0.15) is 0 Å². The Morgan fingerprint density at radius 3 is 2.49 bits per heavy atom. The molecule has 41 heavy (non-hydrogen) atoms. The lowest BCUT2D eigenvalue weighted by molar-refractivity contribution is -0.120. The van der Waals surface area contributed by atoms with Crippen LogP contribution in [0.3, 0.4) is 0 Å². The molecule has 1 atom stereocenters. The first-order valence-electron chi connectivity index (χ1n) is 14.1. The van der Waals surface area contributed by atoms with E-state index < -0.39 is 6.04 Å². The number of benzene rings is 2. The summed E-state index contributed by atoms with van der Waals surface area (Å²) >= 11 is 0. The van der Waals surface area contributed by atoms with Gasteiger partial charge in [-0.3, -0.25) is 24.5 Å². The molecule has 1 saturated heterocycles. The first-order chi connectivity index (χ1) is 20.1. The minimum Gasteiger partial charge on any atom is -0.457 e. The molecule has 3 heterocycles. The molecule has 2 aromatic heterocycles. The Labute approximate surface area is 240 Å². The maximum atomic E-state index is 13.2. The van der Waals surface area contributed by atoms with Gasteiger partial charge < -0.3 is 15.0 Å². The van der Waals surface area contributed by atoms with Gasteiger partial charge >= 0.3 is 0 Å². The molecule has 2 aliphatic rings. The van der Waals surface area contributed by atoms with Gasteiger partial charge in [-0.05, 0) is 59.9 Å². The number of Topliss-reactive ketones (excluding diaryl/α,β-unsaturated/α-hetero) is 1. The molecule has 0 unspecified atom stereocenters. The molecule has 1 N–H and O–H groups in total. The van der Waals surface area contributed by atoms with E-state index in [-0.39, 0.29) is 17.4 Å². The third-order valence-electron chi connectivity index (χ3n) is 7.78. The Morgan fingerprint density at radius 1 is 0.878 bits per heavy atom. The number of rotatable bonds is 7. The van der Waals surface area contributed by atoms with E-state index in [0.717, 1.165) is 44.7 Å². The number of ketones is 1. The van der Waals surface area contributed by atoms with E-state index in [1.165, 1.54) is 16.8 Å². The van der Waals surface area contributed by atoms with Crippen molar-refractivity contribution in [3.63, 3.8) is 0 Å². The monoisotopic (exact) mass is 547 g/mol. The molecule has 1 aliphatic carbocycles. The highest BCUT2D eigenvalue weighted by molar-refractivity contribution is 5.97. The number of fused-ring (bicyclic) bond motifs is 1. The predicted molar refractivity (Wildman–Crippen MR) is 157 cm³/mol. The number of nitrogens with one attached hydrogen (secondary N) is 1. The van der Waals surface area contributed by atoms with Crippen LogP contribution >= 0.6 is 0 Å². The van der Waals surface area contributed by atoms with Crippen LogP contribution in [0.25, 0.3) is 0 Å². The Kier molecular flexibility index (Phi) is 8.00. The minimum absolute atomic E-state index is 0.0249. The summed E-state index contributed by atoms with van der Waals surface area (Å²) in [6.07, 6.45) is 6.83. The summed E-state index contributed by atoms with van der Waals surface area (Å²) in [4.78, 5) is 39.5. The van der Waals surface area contributed by atoms with Crippen LogP contribution in [-0.4, -0.2) is 58.8 Å². The summed E-state index contributed by atoms with van der Waals surface area (Å²) in [6.45, 7) is 4.78. The standard InChI is InChI=1S/C33H33N5O3/c39-32-21-26-20-24(23-37-16-18-38(19-17-37)27-10-13-34-14-11-27)6-7-25(26)8-9-30(32)36-33(40)31-22-29(12-15-35-31)41-28-4-2-1-3-5-28/h1-7,10-15,20,22,30H,8-9,16-19,21,23H2,(H,36,40)/t30-/m0/s1. The van der Waals surface area contributed by atoms with Gasteiger partial charge in [0, 0.05) is 69.5 Å². The van der Waals surface area contributed by atoms with Crippen molar-refractivity contribution in [2.75, 3.05) is 31.1 Å². The molecule has 1 fully saturated rings. The lowest BCUT2D eigenvalue weighted by atomic mass is 9.99. The highest BCUT2D eigenvalue weighted by Crippen LogP contribution is 2.24. The molecular weight excluding hydrogens is 514 g/mol. The quantitative estimate of drug-likeness (QED) is 0.342. The van der Waals surface area contributed by atoms with E-state index in [4.69, 9.17) is 4.74 Å². The zero-order valence-electron chi connectivity index (χ0n) is 22.9. The number of para-hydroxylation sites is 1. The van der Waals surface area contributed by atoms with E-state index in [1.54, 1.807) is 18.3 Å². The average Bonchev–Trinajstić information content (AvgIpc) is 3.16. The SMILES string of the molecule is O=C(N[C@H]1CCc2ccc(CN3CCN(c4ccncc4)CC3)cc2CC1=O)c1cc(Oc2ccccc2)ccn1. The third-order valence-corrected chi connectivity index (χ3v) is 7.78. The number of amides is 1. The smallest absolute Gasteiger partial charge is 0.270 e. The Hall–Kier alpha value is -4.56. The second kappa shape index (κ2) is 12.3. The van der Waals surface area contributed by atoms with E-state index in [0.29, 0.717) is 24.3 Å². The molecule has 0 bridgehead atoms. The molecule has 0 radical (unpaired) electrons. The van der Waals surface area contributed by atoms with Crippen molar-refractivity contribution in [3.8, 4) is 11.5 Å². The normalized spacial score (nSPS) is 17.4. The number of piperazine rings is 1. The first kappa shape index (κ1) is 26.7.